The average molecular weight is 300 g/mol. The van der Waals surface area contributed by atoms with E-state index in [1.165, 1.54) is 11.3 Å². The van der Waals surface area contributed by atoms with Crippen LogP contribution in [-0.4, -0.2) is 48.2 Å². The highest BCUT2D eigenvalue weighted by atomic mass is 32.1. The van der Waals surface area contributed by atoms with E-state index >= 15 is 0 Å². The highest BCUT2D eigenvalue weighted by Gasteiger charge is 2.22. The summed E-state index contributed by atoms with van der Waals surface area (Å²) >= 11 is 1.23. The molecule has 0 fully saturated rings. The molecule has 1 aromatic heterocycles. The molecule has 3 N–H and O–H groups in total. The minimum absolute atomic E-state index is 0.150. The monoisotopic (exact) mass is 300 g/mol. The van der Waals surface area contributed by atoms with Crippen LogP contribution in [-0.2, 0) is 9.59 Å². The number of anilines is 1. The highest BCUT2D eigenvalue weighted by Crippen LogP contribution is 2.24. The molecule has 0 radical (unpaired) electrons. The summed E-state index contributed by atoms with van der Waals surface area (Å²) < 4.78 is 0. The van der Waals surface area contributed by atoms with Crippen molar-refractivity contribution in [1.29, 1.82) is 0 Å². The van der Waals surface area contributed by atoms with Crippen LogP contribution in [0.25, 0.3) is 0 Å². The van der Waals surface area contributed by atoms with Crippen molar-refractivity contribution in [2.24, 2.45) is 0 Å². The Labute approximate surface area is 119 Å². The van der Waals surface area contributed by atoms with Crippen LogP contribution in [0.1, 0.15) is 22.5 Å². The quantitative estimate of drug-likeness (QED) is 0.689. The van der Waals surface area contributed by atoms with Gasteiger partial charge in [0.25, 0.3) is 5.91 Å². The van der Waals surface area contributed by atoms with Gasteiger partial charge in [-0.2, -0.15) is 0 Å². The Morgan fingerprint density at radius 1 is 1.30 bits per heavy atom. The van der Waals surface area contributed by atoms with Gasteiger partial charge >= 0.3 is 11.9 Å². The molecule has 0 saturated carbocycles. The second kappa shape index (κ2) is 6.90. The third kappa shape index (κ3) is 4.54. The smallest absolute Gasteiger partial charge is 0.326 e. The lowest BCUT2D eigenvalue weighted by Crippen LogP contribution is -2.40. The molecule has 110 valence electrons. The summed E-state index contributed by atoms with van der Waals surface area (Å²) in [4.78, 5) is 35.6. The molecule has 1 amide bonds. The van der Waals surface area contributed by atoms with Crippen LogP contribution in [0, 0.1) is 0 Å². The lowest BCUT2D eigenvalue weighted by Gasteiger charge is -2.12. The zero-order valence-corrected chi connectivity index (χ0v) is 11.9. The molecule has 1 atom stereocenters. The Balaban J connectivity index is 2.69. The van der Waals surface area contributed by atoms with Gasteiger partial charge in [-0.05, 0) is 18.6 Å². The largest absolute Gasteiger partial charge is 0.481 e. The topological polar surface area (TPSA) is 107 Å². The molecule has 1 aromatic rings. The number of thiophene rings is 1. The molecular weight excluding hydrogens is 284 g/mol. The van der Waals surface area contributed by atoms with E-state index < -0.39 is 23.9 Å². The molecular formula is C12H16N2O5S. The van der Waals surface area contributed by atoms with Gasteiger partial charge in [0, 0.05) is 20.5 Å². The first-order valence-corrected chi connectivity index (χ1v) is 6.65. The van der Waals surface area contributed by atoms with Gasteiger partial charge in [0.2, 0.25) is 0 Å². The van der Waals surface area contributed by atoms with E-state index in [4.69, 9.17) is 10.2 Å². The summed E-state index contributed by atoms with van der Waals surface area (Å²) in [7, 11) is 3.67. The van der Waals surface area contributed by atoms with Gasteiger partial charge in [0.1, 0.15) is 6.04 Å². The van der Waals surface area contributed by atoms with Crippen molar-refractivity contribution in [3.05, 3.63) is 17.0 Å². The van der Waals surface area contributed by atoms with Crippen molar-refractivity contribution in [2.75, 3.05) is 19.0 Å². The minimum atomic E-state index is -1.25. The number of carbonyl (C=O) groups excluding carboxylic acids is 1. The number of rotatable bonds is 7. The van der Waals surface area contributed by atoms with E-state index in [0.717, 1.165) is 5.00 Å². The van der Waals surface area contributed by atoms with Crippen molar-refractivity contribution in [2.45, 2.75) is 18.9 Å². The number of hydrogen-bond donors (Lipinski definition) is 3. The number of carbonyl (C=O) groups is 3. The van der Waals surface area contributed by atoms with E-state index in [2.05, 4.69) is 5.32 Å². The van der Waals surface area contributed by atoms with Crippen molar-refractivity contribution in [3.63, 3.8) is 0 Å². The third-order valence-corrected chi connectivity index (χ3v) is 3.76. The van der Waals surface area contributed by atoms with Crippen molar-refractivity contribution < 1.29 is 24.6 Å². The third-order valence-electron chi connectivity index (χ3n) is 2.51. The predicted molar refractivity (Wildman–Crippen MR) is 74.4 cm³/mol. The normalized spacial score (nSPS) is 11.7. The van der Waals surface area contributed by atoms with Crippen LogP contribution in [0.2, 0.25) is 0 Å². The first kappa shape index (κ1) is 16.0. The Morgan fingerprint density at radius 2 is 1.95 bits per heavy atom. The van der Waals surface area contributed by atoms with Gasteiger partial charge in [-0.3, -0.25) is 9.59 Å². The first-order chi connectivity index (χ1) is 9.31. The summed E-state index contributed by atoms with van der Waals surface area (Å²) in [5.74, 6) is -2.86. The molecule has 0 aliphatic rings. The number of nitrogens with zero attached hydrogens (tertiary/aromatic N) is 1. The van der Waals surface area contributed by atoms with Crippen LogP contribution >= 0.6 is 11.3 Å². The number of hydrogen-bond acceptors (Lipinski definition) is 5. The maximum atomic E-state index is 11.9. The van der Waals surface area contributed by atoms with Crippen LogP contribution in [0.15, 0.2) is 12.1 Å². The molecule has 0 aromatic carbocycles. The Morgan fingerprint density at radius 3 is 2.40 bits per heavy atom. The van der Waals surface area contributed by atoms with Crippen LogP contribution in [0.3, 0.4) is 0 Å². The predicted octanol–water partition coefficient (Wildman–Crippen LogP) is 0.862. The van der Waals surface area contributed by atoms with Gasteiger partial charge in [-0.15, -0.1) is 11.3 Å². The number of aliphatic carboxylic acids is 2. The van der Waals surface area contributed by atoms with Crippen LogP contribution < -0.4 is 10.2 Å². The molecule has 0 aliphatic heterocycles. The Hall–Kier alpha value is -2.09. The fourth-order valence-corrected chi connectivity index (χ4v) is 2.28. The molecule has 1 heterocycles. The molecule has 7 nitrogen and oxygen atoms in total. The van der Waals surface area contributed by atoms with Gasteiger partial charge in [0.05, 0.1) is 9.88 Å². The zero-order valence-electron chi connectivity index (χ0n) is 11.1. The second-order valence-corrected chi connectivity index (χ2v) is 5.39. The molecule has 0 saturated heterocycles. The summed E-state index contributed by atoms with van der Waals surface area (Å²) in [5, 5.41) is 20.7. The maximum absolute atomic E-state index is 11.9. The first-order valence-electron chi connectivity index (χ1n) is 5.84. The van der Waals surface area contributed by atoms with Gasteiger partial charge in [-0.25, -0.2) is 4.79 Å². The summed E-state index contributed by atoms with van der Waals surface area (Å²) in [6, 6.07) is 2.15. The Bertz CT molecular complexity index is 512. The molecule has 0 aliphatic carbocycles. The fourth-order valence-electron chi connectivity index (χ4n) is 1.44. The maximum Gasteiger partial charge on any atom is 0.326 e. The van der Waals surface area contributed by atoms with E-state index in [-0.39, 0.29) is 12.8 Å². The molecule has 8 heteroatoms. The number of carboxylic acid groups (broad SMARTS) is 2. The van der Waals surface area contributed by atoms with Crippen LogP contribution in [0.4, 0.5) is 5.00 Å². The number of carboxylic acids is 2. The van der Waals surface area contributed by atoms with Crippen molar-refractivity contribution in [3.8, 4) is 0 Å². The highest BCUT2D eigenvalue weighted by molar-refractivity contribution is 7.17. The zero-order chi connectivity index (χ0) is 15.3. The van der Waals surface area contributed by atoms with Crippen molar-refractivity contribution >= 4 is 34.2 Å². The van der Waals surface area contributed by atoms with E-state index in [0.29, 0.717) is 4.88 Å². The molecule has 0 spiro atoms. The summed E-state index contributed by atoms with van der Waals surface area (Å²) in [6.45, 7) is 0. The fraction of sp³-hybridized carbons (Fsp3) is 0.417. The summed E-state index contributed by atoms with van der Waals surface area (Å²) in [5.41, 5.74) is 0. The standard InChI is InChI=1S/C12H16N2O5S/c1-14(2)9-5-4-8(20-9)11(17)13-7(12(18)19)3-6-10(15)16/h4-5,7H,3,6H2,1-2H3,(H,13,17)(H,15,16)(H,18,19). The molecule has 0 bridgehead atoms. The van der Waals surface area contributed by atoms with E-state index in [1.807, 2.05) is 19.0 Å². The molecule has 1 unspecified atom stereocenters. The molecule has 20 heavy (non-hydrogen) atoms. The average Bonchev–Trinajstić information content (AvgIpc) is 2.83. The van der Waals surface area contributed by atoms with Gasteiger partial charge in [0.15, 0.2) is 0 Å². The number of nitrogens with one attached hydrogen (secondary N) is 1. The number of amides is 1. The lowest BCUT2D eigenvalue weighted by molar-refractivity contribution is -0.140. The molecule has 1 rings (SSSR count). The summed E-state index contributed by atoms with van der Waals surface area (Å²) in [6.07, 6.45) is -0.465. The van der Waals surface area contributed by atoms with Gasteiger partial charge < -0.3 is 20.4 Å². The lowest BCUT2D eigenvalue weighted by atomic mass is 10.1. The van der Waals surface area contributed by atoms with Crippen molar-refractivity contribution in [1.82, 2.24) is 5.32 Å². The Kier molecular flexibility index (Phi) is 5.51. The van der Waals surface area contributed by atoms with Gasteiger partial charge in [-0.1, -0.05) is 0 Å². The van der Waals surface area contributed by atoms with E-state index in [9.17, 15) is 14.4 Å². The SMILES string of the molecule is CN(C)c1ccc(C(=O)NC(CCC(=O)O)C(=O)O)s1. The van der Waals surface area contributed by atoms with Crippen LogP contribution in [0.5, 0.6) is 0 Å². The second-order valence-electron chi connectivity index (χ2n) is 4.33. The van der Waals surface area contributed by atoms with E-state index in [1.54, 1.807) is 12.1 Å². The minimum Gasteiger partial charge on any atom is -0.481 e.